The molecule has 0 spiro atoms. The van der Waals surface area contributed by atoms with Crippen molar-refractivity contribution in [2.75, 3.05) is 46.9 Å². The largest absolute Gasteiger partial charge is 0.384 e. The average Bonchev–Trinajstić information content (AvgIpc) is 2.19. The van der Waals surface area contributed by atoms with Gasteiger partial charge >= 0.3 is 0 Å². The first-order valence-corrected chi connectivity index (χ1v) is 6.12. The molecule has 15 heavy (non-hydrogen) atoms. The predicted octanol–water partition coefficient (Wildman–Crippen LogP) is 1.20. The monoisotopic (exact) mass is 214 g/mol. The Kier molecular flexibility index (Phi) is 6.22. The molecule has 1 rings (SSSR count). The lowest BCUT2D eigenvalue weighted by molar-refractivity contribution is 0.0840. The number of rotatable bonds is 6. The van der Waals surface area contributed by atoms with Crippen LogP contribution in [0.25, 0.3) is 0 Å². The summed E-state index contributed by atoms with van der Waals surface area (Å²) in [5.74, 6) is 1.50. The Hall–Kier alpha value is -0.120. The number of piperidine rings is 1. The van der Waals surface area contributed by atoms with E-state index in [1.54, 1.807) is 0 Å². The third kappa shape index (κ3) is 4.96. The maximum absolute atomic E-state index is 5.24. The van der Waals surface area contributed by atoms with E-state index in [1.165, 1.54) is 32.5 Å². The Labute approximate surface area is 94.2 Å². The van der Waals surface area contributed by atoms with Gasteiger partial charge in [0.1, 0.15) is 0 Å². The van der Waals surface area contributed by atoms with Gasteiger partial charge in [0, 0.05) is 20.2 Å². The van der Waals surface area contributed by atoms with Crippen molar-refractivity contribution in [3.63, 3.8) is 0 Å². The van der Waals surface area contributed by atoms with Gasteiger partial charge in [0.25, 0.3) is 0 Å². The van der Waals surface area contributed by atoms with Gasteiger partial charge in [-0.3, -0.25) is 0 Å². The molecular weight excluding hydrogens is 188 g/mol. The molecule has 1 saturated heterocycles. The normalized spacial score (nSPS) is 25.4. The van der Waals surface area contributed by atoms with E-state index in [0.717, 1.165) is 25.0 Å². The van der Waals surface area contributed by atoms with Crippen molar-refractivity contribution < 1.29 is 4.74 Å². The molecule has 0 aromatic carbocycles. The summed E-state index contributed by atoms with van der Waals surface area (Å²) in [4.78, 5) is 2.59. The lowest BCUT2D eigenvalue weighted by Crippen LogP contribution is -2.40. The van der Waals surface area contributed by atoms with Crippen molar-refractivity contribution >= 4 is 0 Å². The molecule has 1 N–H and O–H groups in total. The van der Waals surface area contributed by atoms with Crippen molar-refractivity contribution in [2.24, 2.45) is 11.8 Å². The molecule has 0 aromatic heterocycles. The van der Waals surface area contributed by atoms with Crippen LogP contribution in [-0.4, -0.2) is 51.8 Å². The zero-order chi connectivity index (χ0) is 11.1. The molecule has 1 aliphatic heterocycles. The molecule has 2 atom stereocenters. The molecule has 0 aliphatic carbocycles. The zero-order valence-electron chi connectivity index (χ0n) is 10.5. The third-order valence-electron chi connectivity index (χ3n) is 3.13. The van der Waals surface area contributed by atoms with E-state index < -0.39 is 0 Å². The molecule has 90 valence electrons. The Morgan fingerprint density at radius 2 is 2.33 bits per heavy atom. The minimum absolute atomic E-state index is 0.747. The van der Waals surface area contributed by atoms with E-state index in [-0.39, 0.29) is 0 Å². The molecule has 1 heterocycles. The molecular formula is C12H26N2O. The molecule has 0 bridgehead atoms. The van der Waals surface area contributed by atoms with Gasteiger partial charge in [-0.1, -0.05) is 6.92 Å². The van der Waals surface area contributed by atoms with Crippen molar-refractivity contribution in [3.8, 4) is 0 Å². The van der Waals surface area contributed by atoms with Gasteiger partial charge in [-0.25, -0.2) is 0 Å². The molecule has 3 heteroatoms. The van der Waals surface area contributed by atoms with Crippen LogP contribution in [0.3, 0.4) is 0 Å². The fourth-order valence-corrected chi connectivity index (χ4v) is 2.54. The summed E-state index contributed by atoms with van der Waals surface area (Å²) < 4.78 is 5.24. The van der Waals surface area contributed by atoms with Gasteiger partial charge in [-0.2, -0.15) is 0 Å². The molecule has 2 unspecified atom stereocenters. The highest BCUT2D eigenvalue weighted by molar-refractivity contribution is 4.74. The van der Waals surface area contributed by atoms with Gasteiger partial charge in [-0.15, -0.1) is 0 Å². The van der Waals surface area contributed by atoms with Crippen LogP contribution >= 0.6 is 0 Å². The van der Waals surface area contributed by atoms with E-state index in [0.29, 0.717) is 0 Å². The van der Waals surface area contributed by atoms with Crippen molar-refractivity contribution in [1.29, 1.82) is 0 Å². The minimum atomic E-state index is 0.747. The number of likely N-dealkylation sites (tertiary alicyclic amines) is 1. The van der Waals surface area contributed by atoms with Crippen LogP contribution in [0.5, 0.6) is 0 Å². The first kappa shape index (κ1) is 12.9. The number of methoxy groups -OCH3 is 1. The summed E-state index contributed by atoms with van der Waals surface area (Å²) in [6.07, 6.45) is 2.67. The molecule has 0 amide bonds. The quantitative estimate of drug-likeness (QED) is 0.719. The van der Waals surface area contributed by atoms with E-state index >= 15 is 0 Å². The summed E-state index contributed by atoms with van der Waals surface area (Å²) in [7, 11) is 3.84. The first-order chi connectivity index (χ1) is 7.26. The van der Waals surface area contributed by atoms with Crippen molar-refractivity contribution in [2.45, 2.75) is 19.8 Å². The second-order valence-electron chi connectivity index (χ2n) is 4.89. The zero-order valence-corrected chi connectivity index (χ0v) is 10.5. The minimum Gasteiger partial charge on any atom is -0.384 e. The van der Waals surface area contributed by atoms with Crippen LogP contribution in [-0.2, 0) is 4.74 Å². The van der Waals surface area contributed by atoms with Crippen molar-refractivity contribution in [1.82, 2.24) is 10.2 Å². The summed E-state index contributed by atoms with van der Waals surface area (Å²) in [6, 6.07) is 0. The lowest BCUT2D eigenvalue weighted by atomic mass is 9.98. The van der Waals surface area contributed by atoms with Crippen LogP contribution in [0, 0.1) is 11.8 Å². The number of hydrogen-bond acceptors (Lipinski definition) is 3. The maximum atomic E-state index is 5.24. The highest BCUT2D eigenvalue weighted by Crippen LogP contribution is 2.17. The second kappa shape index (κ2) is 7.20. The van der Waals surface area contributed by atoms with Crippen LogP contribution in [0.1, 0.15) is 19.8 Å². The number of nitrogens with zero attached hydrogens (tertiary/aromatic N) is 1. The standard InChI is InChI=1S/C12H26N2O/c1-11(7-13-2)8-14-6-4-5-12(9-14)10-15-3/h11-13H,4-10H2,1-3H3. The molecule has 0 saturated carbocycles. The van der Waals surface area contributed by atoms with Gasteiger partial charge < -0.3 is 15.0 Å². The van der Waals surface area contributed by atoms with Crippen LogP contribution in [0.4, 0.5) is 0 Å². The van der Waals surface area contributed by atoms with Gasteiger partial charge in [0.15, 0.2) is 0 Å². The lowest BCUT2D eigenvalue weighted by Gasteiger charge is -2.34. The van der Waals surface area contributed by atoms with Crippen LogP contribution < -0.4 is 5.32 Å². The Bertz CT molecular complexity index is 160. The maximum Gasteiger partial charge on any atom is 0.0502 e. The topological polar surface area (TPSA) is 24.5 Å². The summed E-state index contributed by atoms with van der Waals surface area (Å²) >= 11 is 0. The summed E-state index contributed by atoms with van der Waals surface area (Å²) in [5, 5.41) is 3.24. The molecule has 3 nitrogen and oxygen atoms in total. The van der Waals surface area contributed by atoms with E-state index in [1.807, 2.05) is 14.2 Å². The number of ether oxygens (including phenoxy) is 1. The molecule has 1 fully saturated rings. The van der Waals surface area contributed by atoms with Crippen LogP contribution in [0.2, 0.25) is 0 Å². The van der Waals surface area contributed by atoms with E-state index in [9.17, 15) is 0 Å². The Balaban J connectivity index is 2.23. The Morgan fingerprint density at radius 1 is 1.53 bits per heavy atom. The second-order valence-corrected chi connectivity index (χ2v) is 4.89. The smallest absolute Gasteiger partial charge is 0.0502 e. The number of hydrogen-bond donors (Lipinski definition) is 1. The van der Waals surface area contributed by atoms with E-state index in [2.05, 4.69) is 17.1 Å². The fraction of sp³-hybridized carbons (Fsp3) is 1.00. The summed E-state index contributed by atoms with van der Waals surface area (Å²) in [5.41, 5.74) is 0. The van der Waals surface area contributed by atoms with Gasteiger partial charge in [-0.05, 0) is 44.8 Å². The predicted molar refractivity (Wildman–Crippen MR) is 64.1 cm³/mol. The van der Waals surface area contributed by atoms with Crippen molar-refractivity contribution in [3.05, 3.63) is 0 Å². The molecule has 1 aliphatic rings. The number of nitrogens with one attached hydrogen (secondary N) is 1. The Morgan fingerprint density at radius 3 is 3.00 bits per heavy atom. The van der Waals surface area contributed by atoms with E-state index in [4.69, 9.17) is 4.74 Å². The first-order valence-electron chi connectivity index (χ1n) is 6.12. The molecule has 0 radical (unpaired) electrons. The SMILES string of the molecule is CNCC(C)CN1CCCC(COC)C1. The molecule has 0 aromatic rings. The highest BCUT2D eigenvalue weighted by atomic mass is 16.5. The third-order valence-corrected chi connectivity index (χ3v) is 3.13. The fourth-order valence-electron chi connectivity index (χ4n) is 2.54. The highest BCUT2D eigenvalue weighted by Gasteiger charge is 2.20. The van der Waals surface area contributed by atoms with Crippen LogP contribution in [0.15, 0.2) is 0 Å². The van der Waals surface area contributed by atoms with Gasteiger partial charge in [0.05, 0.1) is 6.61 Å². The van der Waals surface area contributed by atoms with Gasteiger partial charge in [0.2, 0.25) is 0 Å². The average molecular weight is 214 g/mol. The summed E-state index contributed by atoms with van der Waals surface area (Å²) in [6.45, 7) is 8.08.